The van der Waals surface area contributed by atoms with Crippen molar-refractivity contribution in [1.82, 2.24) is 35.3 Å². The lowest BCUT2D eigenvalue weighted by Gasteiger charge is -2.40. The van der Waals surface area contributed by atoms with E-state index in [-0.39, 0.29) is 49.7 Å². The first-order chi connectivity index (χ1) is 26.8. The first kappa shape index (κ1) is 43.8. The molecule has 0 radical (unpaired) electrons. The summed E-state index contributed by atoms with van der Waals surface area (Å²) < 4.78 is 36.6. The smallest absolute Gasteiger partial charge is 0.408 e. The number of rotatable bonds is 16. The number of aromatic nitrogens is 2. The molecule has 4 rings (SSSR count). The number of nitrogens with one attached hydrogen (secondary N) is 3. The lowest BCUT2D eigenvalue weighted by molar-refractivity contribution is -0.141. The number of imide groups is 1. The Balaban J connectivity index is 1.62. The molecule has 2 heterocycles. The van der Waals surface area contributed by atoms with Gasteiger partial charge in [0.2, 0.25) is 17.7 Å². The standard InChI is InChI=1S/C40H49F2N7O8/c1-39(2,3)35(36-45-30(27-20-26(41)12-13-28(27)42)22-47(36)21-25-10-8-7-9-11-25)48(34(54)24-50)19-16-29(46-38(56)57-40(4,5)6)37(55)44-18-17-43-31(51)23-49-32(52)14-15-33(49)53/h7-15,20,22,29,35,50H,16-19,21,23-24H2,1-6H3,(H,43,51)(H,44,55)(H,46,56)/t29-,35-/m0/s1. The van der Waals surface area contributed by atoms with E-state index in [1.165, 1.54) is 4.90 Å². The molecule has 306 valence electrons. The van der Waals surface area contributed by atoms with Crippen molar-refractivity contribution in [1.29, 1.82) is 0 Å². The Kier molecular flexibility index (Phi) is 14.4. The summed E-state index contributed by atoms with van der Waals surface area (Å²) in [7, 11) is 0. The van der Waals surface area contributed by atoms with Crippen molar-refractivity contribution in [3.8, 4) is 11.3 Å². The number of carbonyl (C=O) groups is 6. The van der Waals surface area contributed by atoms with Crippen molar-refractivity contribution in [2.75, 3.05) is 32.8 Å². The molecule has 17 heteroatoms. The quantitative estimate of drug-likeness (QED) is 0.125. The predicted molar refractivity (Wildman–Crippen MR) is 204 cm³/mol. The summed E-state index contributed by atoms with van der Waals surface area (Å²) in [6.07, 6.45) is 2.56. The van der Waals surface area contributed by atoms with Gasteiger partial charge >= 0.3 is 6.09 Å². The van der Waals surface area contributed by atoms with Gasteiger partial charge < -0.3 is 35.3 Å². The van der Waals surface area contributed by atoms with Crippen LogP contribution in [-0.2, 0) is 35.3 Å². The minimum absolute atomic E-state index is 0.0904. The molecule has 57 heavy (non-hydrogen) atoms. The van der Waals surface area contributed by atoms with Crippen LogP contribution in [0.5, 0.6) is 0 Å². The van der Waals surface area contributed by atoms with Crippen LogP contribution in [0.3, 0.4) is 0 Å². The number of hydrogen-bond acceptors (Lipinski definition) is 9. The highest BCUT2D eigenvalue weighted by atomic mass is 19.1. The summed E-state index contributed by atoms with van der Waals surface area (Å²) in [6.45, 7) is 8.82. The van der Waals surface area contributed by atoms with Gasteiger partial charge in [0.15, 0.2) is 0 Å². The molecule has 1 aliphatic rings. The van der Waals surface area contributed by atoms with Gasteiger partial charge in [0.25, 0.3) is 11.8 Å². The zero-order valence-corrected chi connectivity index (χ0v) is 32.8. The van der Waals surface area contributed by atoms with Crippen molar-refractivity contribution >= 4 is 35.6 Å². The second-order valence-electron chi connectivity index (χ2n) is 15.5. The van der Waals surface area contributed by atoms with Crippen LogP contribution in [-0.4, -0.2) is 105 Å². The maximum atomic E-state index is 15.1. The number of imidazole rings is 1. The Hall–Kier alpha value is -5.97. The van der Waals surface area contributed by atoms with E-state index in [0.29, 0.717) is 0 Å². The summed E-state index contributed by atoms with van der Waals surface area (Å²) in [5.74, 6) is -4.40. The highest BCUT2D eigenvalue weighted by Gasteiger charge is 2.39. The Morgan fingerprint density at radius 3 is 2.19 bits per heavy atom. The van der Waals surface area contributed by atoms with Gasteiger partial charge in [-0.3, -0.25) is 28.9 Å². The van der Waals surface area contributed by atoms with E-state index in [0.717, 1.165) is 40.8 Å². The lowest BCUT2D eigenvalue weighted by atomic mass is 9.84. The van der Waals surface area contributed by atoms with Crippen molar-refractivity contribution in [2.24, 2.45) is 5.41 Å². The molecule has 0 spiro atoms. The molecule has 6 amide bonds. The lowest BCUT2D eigenvalue weighted by Crippen LogP contribution is -2.52. The summed E-state index contributed by atoms with van der Waals surface area (Å²) in [6, 6.07) is 10.1. The summed E-state index contributed by atoms with van der Waals surface area (Å²) in [4.78, 5) is 83.0. The predicted octanol–water partition coefficient (Wildman–Crippen LogP) is 3.23. The SMILES string of the molecule is CC(C)(C)OC(=O)N[C@@H](CCN(C(=O)CO)[C@@H](c1nc(-c2cc(F)ccc2F)cn1Cc1ccccc1)C(C)(C)C)C(=O)NCCNC(=O)CN1C(=O)C=CC1=O. The maximum Gasteiger partial charge on any atom is 0.408 e. The van der Waals surface area contributed by atoms with E-state index in [1.807, 2.05) is 51.1 Å². The van der Waals surface area contributed by atoms with Crippen LogP contribution in [0.25, 0.3) is 11.3 Å². The van der Waals surface area contributed by atoms with Gasteiger partial charge in [-0.15, -0.1) is 0 Å². The van der Waals surface area contributed by atoms with Gasteiger partial charge in [0, 0.05) is 50.1 Å². The molecule has 0 fully saturated rings. The topological polar surface area (TPSA) is 192 Å². The fraction of sp³-hybridized carbons (Fsp3) is 0.425. The molecular formula is C40H49F2N7O8. The summed E-state index contributed by atoms with van der Waals surface area (Å²) in [5, 5.41) is 17.9. The number of amides is 6. The van der Waals surface area contributed by atoms with Crippen molar-refractivity contribution in [3.05, 3.63) is 89.9 Å². The maximum absolute atomic E-state index is 15.1. The van der Waals surface area contributed by atoms with Crippen LogP contribution in [0, 0.1) is 17.0 Å². The fourth-order valence-corrected chi connectivity index (χ4v) is 6.15. The fourth-order valence-electron chi connectivity index (χ4n) is 6.15. The average Bonchev–Trinajstić information content (AvgIpc) is 3.68. The number of ether oxygens (including phenoxy) is 1. The number of carbonyl (C=O) groups excluding carboxylic acids is 6. The van der Waals surface area contributed by atoms with Gasteiger partial charge in [-0.1, -0.05) is 51.1 Å². The molecule has 2 aromatic carbocycles. The molecule has 0 saturated heterocycles. The Morgan fingerprint density at radius 1 is 0.930 bits per heavy atom. The van der Waals surface area contributed by atoms with E-state index >= 15 is 4.39 Å². The highest BCUT2D eigenvalue weighted by molar-refractivity contribution is 6.14. The van der Waals surface area contributed by atoms with Crippen LogP contribution >= 0.6 is 0 Å². The third-order valence-corrected chi connectivity index (χ3v) is 8.65. The first-order valence-electron chi connectivity index (χ1n) is 18.3. The third-order valence-electron chi connectivity index (χ3n) is 8.65. The van der Waals surface area contributed by atoms with Crippen LogP contribution in [0.4, 0.5) is 13.6 Å². The first-order valence-corrected chi connectivity index (χ1v) is 18.3. The molecule has 15 nitrogen and oxygen atoms in total. The zero-order valence-electron chi connectivity index (χ0n) is 32.8. The highest BCUT2D eigenvalue weighted by Crippen LogP contribution is 2.39. The van der Waals surface area contributed by atoms with Gasteiger partial charge in [0.05, 0.1) is 11.7 Å². The van der Waals surface area contributed by atoms with Crippen LogP contribution in [0.1, 0.15) is 65.4 Å². The van der Waals surface area contributed by atoms with E-state index in [2.05, 4.69) is 16.0 Å². The Labute approximate surface area is 329 Å². The molecule has 3 aromatic rings. The van der Waals surface area contributed by atoms with Crippen LogP contribution < -0.4 is 16.0 Å². The summed E-state index contributed by atoms with van der Waals surface area (Å²) >= 11 is 0. The second kappa shape index (κ2) is 18.8. The van der Waals surface area contributed by atoms with Crippen molar-refractivity contribution in [2.45, 2.75) is 72.2 Å². The van der Waals surface area contributed by atoms with E-state index < -0.39 is 83.5 Å². The molecule has 0 bridgehead atoms. The minimum Gasteiger partial charge on any atom is -0.444 e. The molecule has 2 atom stereocenters. The Morgan fingerprint density at radius 2 is 1.58 bits per heavy atom. The number of hydrogen-bond donors (Lipinski definition) is 4. The largest absolute Gasteiger partial charge is 0.444 e. The van der Waals surface area contributed by atoms with E-state index in [1.54, 1.807) is 31.5 Å². The average molecular weight is 794 g/mol. The number of halogens is 2. The number of benzene rings is 2. The van der Waals surface area contributed by atoms with Crippen LogP contribution in [0.15, 0.2) is 66.9 Å². The molecular weight excluding hydrogens is 744 g/mol. The van der Waals surface area contributed by atoms with Crippen molar-refractivity contribution < 1.29 is 47.4 Å². The summed E-state index contributed by atoms with van der Waals surface area (Å²) in [5.41, 5.74) is -0.875. The normalized spacial score (nSPS) is 13.9. The number of alkyl carbamates (subject to hydrolysis) is 1. The van der Waals surface area contributed by atoms with Crippen molar-refractivity contribution in [3.63, 3.8) is 0 Å². The molecule has 0 aliphatic carbocycles. The Bertz CT molecular complexity index is 1970. The number of nitrogens with zero attached hydrogens (tertiary/aromatic N) is 4. The monoisotopic (exact) mass is 793 g/mol. The number of aliphatic hydroxyl groups is 1. The van der Waals surface area contributed by atoms with E-state index in [9.17, 15) is 38.3 Å². The van der Waals surface area contributed by atoms with E-state index in [4.69, 9.17) is 9.72 Å². The molecule has 1 aliphatic heterocycles. The zero-order chi connectivity index (χ0) is 42.1. The third kappa shape index (κ3) is 12.3. The van der Waals surface area contributed by atoms with Gasteiger partial charge in [-0.2, -0.15) is 0 Å². The molecule has 1 aromatic heterocycles. The molecule has 0 saturated carbocycles. The van der Waals surface area contributed by atoms with Gasteiger partial charge in [-0.25, -0.2) is 18.6 Å². The molecule has 4 N–H and O–H groups in total. The van der Waals surface area contributed by atoms with Gasteiger partial charge in [-0.05, 0) is 56.4 Å². The molecule has 0 unspecified atom stereocenters. The second-order valence-corrected chi connectivity index (χ2v) is 15.5. The number of aliphatic hydroxyl groups excluding tert-OH is 1. The van der Waals surface area contributed by atoms with Gasteiger partial charge in [0.1, 0.15) is 42.3 Å². The van der Waals surface area contributed by atoms with Crippen LogP contribution in [0.2, 0.25) is 0 Å². The minimum atomic E-state index is -1.29.